The summed E-state index contributed by atoms with van der Waals surface area (Å²) in [5.41, 5.74) is 0. The van der Waals surface area contributed by atoms with E-state index >= 15 is 0 Å². The van der Waals surface area contributed by atoms with Crippen LogP contribution in [0.3, 0.4) is 0 Å². The molecule has 0 unspecified atom stereocenters. The van der Waals surface area contributed by atoms with E-state index in [1.807, 2.05) is 0 Å². The monoisotopic (exact) mass is 196 g/mol. The second-order valence-electron chi connectivity index (χ2n) is 0. The first-order chi connectivity index (χ1) is 0. The van der Waals surface area contributed by atoms with E-state index in [-0.39, 0.29) is 73.2 Å². The van der Waals surface area contributed by atoms with Crippen molar-refractivity contribution in [3.63, 3.8) is 0 Å². The first-order valence-electron chi connectivity index (χ1n) is 0. The van der Waals surface area contributed by atoms with Gasteiger partial charge in [-0.1, -0.05) is 0 Å². The van der Waals surface area contributed by atoms with Crippen molar-refractivity contribution in [3.8, 4) is 0 Å². The third-order valence-corrected chi connectivity index (χ3v) is 0. The van der Waals surface area contributed by atoms with Gasteiger partial charge < -0.3 is 0 Å². The average molecular weight is 196 g/mol. The van der Waals surface area contributed by atoms with Crippen LogP contribution in [0.4, 0.5) is 0 Å². The van der Waals surface area contributed by atoms with Gasteiger partial charge in [0.15, 0.2) is 17.4 Å². The third-order valence-electron chi connectivity index (χ3n) is 0. The minimum Gasteiger partial charge on any atom is 0 e. The number of rotatable bonds is 0. The van der Waals surface area contributed by atoms with E-state index in [9.17, 15) is 0 Å². The fraction of sp³-hybridized carbons (Fsp3) is 0. The maximum absolute atomic E-state index is 0. The predicted molar refractivity (Wildman–Crippen MR) is 9.94 cm³/mol. The standard InChI is InChI=1S/Al.Cu.Mn.Ti.3H. The second kappa shape index (κ2) is 18.6. The fourth-order valence-electron chi connectivity index (χ4n) is 0. The van der Waals surface area contributed by atoms with E-state index in [0.717, 1.165) is 0 Å². The van der Waals surface area contributed by atoms with Gasteiger partial charge in [0.2, 0.25) is 0 Å². The minimum absolute atomic E-state index is 0. The molecule has 0 aromatic rings. The molecule has 0 nitrogen and oxygen atoms in total. The van der Waals surface area contributed by atoms with Crippen LogP contribution >= 0.6 is 0 Å². The summed E-state index contributed by atoms with van der Waals surface area (Å²) in [6, 6.07) is 0. The summed E-state index contributed by atoms with van der Waals surface area (Å²) in [7, 11) is 0. The van der Waals surface area contributed by atoms with Crippen molar-refractivity contribution >= 4 is 17.4 Å². The molecular formula is H3AlCuMnTi. The normalized spacial score (nSPS) is 0. The molecule has 0 bridgehead atoms. The topological polar surface area (TPSA) is 0 Å². The van der Waals surface area contributed by atoms with Gasteiger partial charge in [0, 0.05) is 55.9 Å². The summed E-state index contributed by atoms with van der Waals surface area (Å²) in [6.07, 6.45) is 0. The van der Waals surface area contributed by atoms with Crippen molar-refractivity contribution in [3.05, 3.63) is 0 Å². The Bertz CT molecular complexity index is 8.00. The summed E-state index contributed by atoms with van der Waals surface area (Å²) in [4.78, 5) is 0. The van der Waals surface area contributed by atoms with Crippen LogP contribution in [0, 0.1) is 0 Å². The van der Waals surface area contributed by atoms with Gasteiger partial charge in [0.05, 0.1) is 0 Å². The van der Waals surface area contributed by atoms with E-state index < -0.39 is 0 Å². The molecule has 0 spiro atoms. The summed E-state index contributed by atoms with van der Waals surface area (Å²) in [6.45, 7) is 0. The summed E-state index contributed by atoms with van der Waals surface area (Å²) < 4.78 is 0. The Balaban J connectivity index is 0. The van der Waals surface area contributed by atoms with Crippen LogP contribution in [0.2, 0.25) is 0 Å². The van der Waals surface area contributed by atoms with E-state index in [1.54, 1.807) is 0 Å². The minimum atomic E-state index is 0. The Labute approximate surface area is 72.4 Å². The van der Waals surface area contributed by atoms with Gasteiger partial charge in [0.1, 0.15) is 0 Å². The van der Waals surface area contributed by atoms with Crippen LogP contribution in [0.25, 0.3) is 0 Å². The molecule has 0 aliphatic heterocycles. The van der Waals surface area contributed by atoms with Gasteiger partial charge in [-0.15, -0.1) is 0 Å². The number of hydrogen-bond donors (Lipinski definition) is 0. The smallest absolute Gasteiger partial charge is 0 e. The average Bonchev–Trinajstić information content (AvgIpc) is 0. The summed E-state index contributed by atoms with van der Waals surface area (Å²) >= 11 is 0. The molecule has 0 aliphatic rings. The van der Waals surface area contributed by atoms with Gasteiger partial charge >= 0.3 is 0 Å². The molecule has 0 amide bonds. The molecule has 2 radical (unpaired) electrons. The fourth-order valence-corrected chi connectivity index (χ4v) is 0. The van der Waals surface area contributed by atoms with E-state index in [1.165, 1.54) is 0 Å². The van der Waals surface area contributed by atoms with Gasteiger partial charge in [-0.2, -0.15) is 0 Å². The van der Waals surface area contributed by atoms with Crippen LogP contribution in [0.5, 0.6) is 0 Å². The van der Waals surface area contributed by atoms with E-state index in [4.69, 9.17) is 0 Å². The van der Waals surface area contributed by atoms with Crippen molar-refractivity contribution in [2.75, 3.05) is 0 Å². The van der Waals surface area contributed by atoms with Crippen LogP contribution in [-0.2, 0) is 55.9 Å². The van der Waals surface area contributed by atoms with Crippen LogP contribution in [0.15, 0.2) is 0 Å². The largest absolute Gasteiger partial charge is 0.187 e. The molecule has 28 valence electrons. The van der Waals surface area contributed by atoms with E-state index in [0.29, 0.717) is 0 Å². The predicted octanol–water partition coefficient (Wildman–Crippen LogP) is -1.19. The molecule has 0 aromatic carbocycles. The van der Waals surface area contributed by atoms with Gasteiger partial charge in [0.25, 0.3) is 0 Å². The second-order valence-corrected chi connectivity index (χ2v) is 0. The molecule has 0 N–H and O–H groups in total. The van der Waals surface area contributed by atoms with E-state index in [2.05, 4.69) is 0 Å². The molecule has 0 saturated heterocycles. The van der Waals surface area contributed by atoms with Crippen LogP contribution < -0.4 is 0 Å². The van der Waals surface area contributed by atoms with Crippen LogP contribution in [-0.4, -0.2) is 17.4 Å². The molecule has 0 aliphatic carbocycles. The van der Waals surface area contributed by atoms with Gasteiger partial charge in [-0.05, 0) is 0 Å². The molecule has 0 saturated carbocycles. The van der Waals surface area contributed by atoms with Crippen molar-refractivity contribution in [1.82, 2.24) is 0 Å². The SMILES string of the molecule is [AlH3].[Cu].[Mn].[Ti]. The van der Waals surface area contributed by atoms with Crippen molar-refractivity contribution in [2.24, 2.45) is 0 Å². The molecular weight excluding hydrogens is 193 g/mol. The first kappa shape index (κ1) is 33.6. The molecule has 0 atom stereocenters. The maximum Gasteiger partial charge on any atom is 0.187 e. The third kappa shape index (κ3) is 8.86. The van der Waals surface area contributed by atoms with Crippen molar-refractivity contribution in [1.29, 1.82) is 0 Å². The Kier molecular flexibility index (Phi) is 156. The Hall–Kier alpha value is 2.29. The molecule has 0 heterocycles. The Morgan fingerprint density at radius 1 is 1.00 bits per heavy atom. The first-order valence-corrected chi connectivity index (χ1v) is 0. The van der Waals surface area contributed by atoms with Crippen molar-refractivity contribution < 1.29 is 55.9 Å². The van der Waals surface area contributed by atoms with Gasteiger partial charge in [-0.25, -0.2) is 0 Å². The zero-order chi connectivity index (χ0) is 0. The number of hydrogen-bond acceptors (Lipinski definition) is 0. The quantitative estimate of drug-likeness (QED) is 0.427. The molecule has 4 heteroatoms. The maximum atomic E-state index is 0. The zero-order valence-corrected chi connectivity index (χ0v) is 4.86. The Morgan fingerprint density at radius 3 is 1.00 bits per heavy atom. The van der Waals surface area contributed by atoms with Crippen LogP contribution in [0.1, 0.15) is 0 Å². The summed E-state index contributed by atoms with van der Waals surface area (Å²) in [5, 5.41) is 0. The van der Waals surface area contributed by atoms with Crippen molar-refractivity contribution in [2.45, 2.75) is 0 Å². The Morgan fingerprint density at radius 2 is 1.00 bits per heavy atom. The molecule has 0 fully saturated rings. The molecule has 0 aromatic heterocycles. The summed E-state index contributed by atoms with van der Waals surface area (Å²) in [5.74, 6) is 0. The molecule has 0 rings (SSSR count). The van der Waals surface area contributed by atoms with Gasteiger partial charge in [-0.3, -0.25) is 0 Å². The molecule has 4 heavy (non-hydrogen) atoms. The zero-order valence-electron chi connectivity index (χ0n) is 1.18.